The number of benzene rings is 1. The predicted octanol–water partition coefficient (Wildman–Crippen LogP) is 1.39. The van der Waals surface area contributed by atoms with Gasteiger partial charge in [0.15, 0.2) is 0 Å². The Labute approximate surface area is 120 Å². The summed E-state index contributed by atoms with van der Waals surface area (Å²) in [6.07, 6.45) is 0. The van der Waals surface area contributed by atoms with Crippen molar-refractivity contribution in [1.82, 2.24) is 10.2 Å². The molecule has 3 rings (SSSR count). The van der Waals surface area contributed by atoms with E-state index in [0.717, 1.165) is 49.3 Å². The quantitative estimate of drug-likeness (QED) is 0.875. The molecule has 0 unspecified atom stereocenters. The van der Waals surface area contributed by atoms with Crippen LogP contribution in [0.15, 0.2) is 18.2 Å². The fourth-order valence-electron chi connectivity index (χ4n) is 3.34. The second kappa shape index (κ2) is 5.54. The minimum Gasteiger partial charge on any atom is -0.325 e. The molecule has 2 atom stereocenters. The average molecular weight is 273 g/mol. The number of hydrogen-bond acceptors (Lipinski definition) is 3. The molecule has 2 aliphatic rings. The maximum Gasteiger partial charge on any atom is 0.238 e. The fourth-order valence-corrected chi connectivity index (χ4v) is 3.34. The summed E-state index contributed by atoms with van der Waals surface area (Å²) in [5.41, 5.74) is 3.23. The highest BCUT2D eigenvalue weighted by atomic mass is 16.2. The van der Waals surface area contributed by atoms with Crippen molar-refractivity contribution in [2.45, 2.75) is 13.8 Å². The summed E-state index contributed by atoms with van der Waals surface area (Å²) < 4.78 is 0. The maximum absolute atomic E-state index is 12.2. The molecule has 1 amide bonds. The summed E-state index contributed by atoms with van der Waals surface area (Å²) in [6.45, 7) is 8.92. The van der Waals surface area contributed by atoms with Gasteiger partial charge in [0.25, 0.3) is 0 Å². The van der Waals surface area contributed by atoms with E-state index >= 15 is 0 Å². The minimum absolute atomic E-state index is 0.103. The van der Waals surface area contributed by atoms with Crippen molar-refractivity contribution in [3.05, 3.63) is 29.3 Å². The molecule has 0 radical (unpaired) electrons. The zero-order valence-electron chi connectivity index (χ0n) is 12.3. The van der Waals surface area contributed by atoms with Gasteiger partial charge >= 0.3 is 0 Å². The lowest BCUT2D eigenvalue weighted by molar-refractivity contribution is -0.117. The molecule has 4 nitrogen and oxygen atoms in total. The predicted molar refractivity (Wildman–Crippen MR) is 80.8 cm³/mol. The second-order valence-electron chi connectivity index (χ2n) is 6.24. The number of nitrogens with one attached hydrogen (secondary N) is 2. The molecule has 0 spiro atoms. The first kappa shape index (κ1) is 13.6. The van der Waals surface area contributed by atoms with Gasteiger partial charge in [-0.15, -0.1) is 0 Å². The second-order valence-corrected chi connectivity index (χ2v) is 6.24. The Kier molecular flexibility index (Phi) is 3.76. The van der Waals surface area contributed by atoms with E-state index in [4.69, 9.17) is 0 Å². The molecular formula is C16H23N3O. The first-order valence-corrected chi connectivity index (χ1v) is 7.42. The Bertz CT molecular complexity index is 502. The normalized spacial score (nSPS) is 25.7. The zero-order valence-corrected chi connectivity index (χ0v) is 12.3. The third kappa shape index (κ3) is 2.86. The van der Waals surface area contributed by atoms with Crippen molar-refractivity contribution < 1.29 is 4.79 Å². The summed E-state index contributed by atoms with van der Waals surface area (Å²) in [6, 6.07) is 6.16. The fraction of sp³-hybridized carbons (Fsp3) is 0.562. The number of fused-ring (bicyclic) bond motifs is 1. The van der Waals surface area contributed by atoms with Crippen molar-refractivity contribution in [1.29, 1.82) is 0 Å². The third-order valence-electron chi connectivity index (χ3n) is 4.50. The molecule has 108 valence electrons. The van der Waals surface area contributed by atoms with Crippen molar-refractivity contribution >= 4 is 11.6 Å². The number of rotatable bonds is 3. The highest BCUT2D eigenvalue weighted by Gasteiger charge is 2.36. The number of hydrogen-bond donors (Lipinski definition) is 2. The molecule has 2 aliphatic heterocycles. The highest BCUT2D eigenvalue weighted by Crippen LogP contribution is 2.26. The van der Waals surface area contributed by atoms with Gasteiger partial charge in [0.1, 0.15) is 0 Å². The zero-order chi connectivity index (χ0) is 14.1. The van der Waals surface area contributed by atoms with E-state index in [-0.39, 0.29) is 5.91 Å². The van der Waals surface area contributed by atoms with E-state index in [0.29, 0.717) is 6.54 Å². The smallest absolute Gasteiger partial charge is 0.238 e. The number of anilines is 1. The van der Waals surface area contributed by atoms with Gasteiger partial charge in [0, 0.05) is 18.8 Å². The number of amides is 1. The first-order chi connectivity index (χ1) is 9.61. The van der Waals surface area contributed by atoms with Crippen LogP contribution in [0.3, 0.4) is 0 Å². The summed E-state index contributed by atoms with van der Waals surface area (Å²) in [7, 11) is 0. The lowest BCUT2D eigenvalue weighted by atomic mass is 10.0. The van der Waals surface area contributed by atoms with Crippen LogP contribution in [0, 0.1) is 25.7 Å². The molecule has 2 fully saturated rings. The Morgan fingerprint density at radius 3 is 2.70 bits per heavy atom. The molecular weight excluding hydrogens is 250 g/mol. The van der Waals surface area contributed by atoms with Gasteiger partial charge in [-0.25, -0.2) is 0 Å². The Morgan fingerprint density at radius 1 is 1.30 bits per heavy atom. The first-order valence-electron chi connectivity index (χ1n) is 7.42. The lowest BCUT2D eigenvalue weighted by Crippen LogP contribution is -2.33. The van der Waals surface area contributed by atoms with Crippen molar-refractivity contribution in [3.63, 3.8) is 0 Å². The molecule has 1 aromatic rings. The van der Waals surface area contributed by atoms with Crippen LogP contribution in [0.5, 0.6) is 0 Å². The van der Waals surface area contributed by atoms with Gasteiger partial charge in [0.2, 0.25) is 5.91 Å². The van der Waals surface area contributed by atoms with Gasteiger partial charge < -0.3 is 10.6 Å². The van der Waals surface area contributed by atoms with E-state index < -0.39 is 0 Å². The van der Waals surface area contributed by atoms with Gasteiger partial charge in [-0.05, 0) is 56.0 Å². The van der Waals surface area contributed by atoms with Crippen LogP contribution in [-0.2, 0) is 4.79 Å². The van der Waals surface area contributed by atoms with Gasteiger partial charge in [0.05, 0.1) is 6.54 Å². The van der Waals surface area contributed by atoms with Crippen molar-refractivity contribution in [3.8, 4) is 0 Å². The Morgan fingerprint density at radius 2 is 2.00 bits per heavy atom. The van der Waals surface area contributed by atoms with Crippen LogP contribution >= 0.6 is 0 Å². The largest absolute Gasteiger partial charge is 0.325 e. The highest BCUT2D eigenvalue weighted by molar-refractivity contribution is 5.93. The molecule has 0 aliphatic carbocycles. The summed E-state index contributed by atoms with van der Waals surface area (Å²) >= 11 is 0. The molecule has 4 heteroatoms. The van der Waals surface area contributed by atoms with Gasteiger partial charge in [-0.3, -0.25) is 9.69 Å². The molecule has 2 heterocycles. The van der Waals surface area contributed by atoms with Crippen LogP contribution in [0.1, 0.15) is 11.1 Å². The molecule has 0 saturated carbocycles. The van der Waals surface area contributed by atoms with Gasteiger partial charge in [-0.1, -0.05) is 12.1 Å². The average Bonchev–Trinajstić information content (AvgIpc) is 2.94. The molecule has 2 N–H and O–H groups in total. The molecule has 20 heavy (non-hydrogen) atoms. The number of carbonyl (C=O) groups is 1. The van der Waals surface area contributed by atoms with E-state index in [1.165, 1.54) is 5.56 Å². The summed E-state index contributed by atoms with van der Waals surface area (Å²) in [5, 5.41) is 6.47. The standard InChI is InChI=1S/C16H23N3O/c1-11-3-4-12(2)15(5-11)18-16(20)10-19-8-13-6-17-7-14(13)9-19/h3-5,13-14,17H,6-10H2,1-2H3,(H,18,20)/t13-,14+. The summed E-state index contributed by atoms with van der Waals surface area (Å²) in [5.74, 6) is 1.58. The number of nitrogens with zero attached hydrogens (tertiary/aromatic N) is 1. The topological polar surface area (TPSA) is 44.4 Å². The number of aryl methyl sites for hydroxylation is 2. The molecule has 0 bridgehead atoms. The van der Waals surface area contributed by atoms with E-state index in [9.17, 15) is 4.79 Å². The van der Waals surface area contributed by atoms with E-state index in [1.807, 2.05) is 19.9 Å². The molecule has 2 saturated heterocycles. The van der Waals surface area contributed by atoms with Crippen LogP contribution in [0.25, 0.3) is 0 Å². The Balaban J connectivity index is 1.56. The lowest BCUT2D eigenvalue weighted by Gasteiger charge is -2.17. The van der Waals surface area contributed by atoms with Crippen LogP contribution in [0.2, 0.25) is 0 Å². The summed E-state index contributed by atoms with van der Waals surface area (Å²) in [4.78, 5) is 14.5. The van der Waals surface area contributed by atoms with Crippen LogP contribution in [0.4, 0.5) is 5.69 Å². The van der Waals surface area contributed by atoms with Crippen molar-refractivity contribution in [2.24, 2.45) is 11.8 Å². The van der Waals surface area contributed by atoms with E-state index in [1.54, 1.807) is 0 Å². The SMILES string of the molecule is Cc1ccc(C)c(NC(=O)CN2C[C@H]3CNC[C@H]3C2)c1. The third-order valence-corrected chi connectivity index (χ3v) is 4.50. The van der Waals surface area contributed by atoms with E-state index in [2.05, 4.69) is 27.7 Å². The Hall–Kier alpha value is -1.39. The minimum atomic E-state index is 0.103. The monoisotopic (exact) mass is 273 g/mol. The van der Waals surface area contributed by atoms with Crippen LogP contribution in [-0.4, -0.2) is 43.5 Å². The van der Waals surface area contributed by atoms with Crippen molar-refractivity contribution in [2.75, 3.05) is 38.0 Å². The molecule has 0 aromatic heterocycles. The number of likely N-dealkylation sites (tertiary alicyclic amines) is 1. The molecule has 1 aromatic carbocycles. The van der Waals surface area contributed by atoms with Gasteiger partial charge in [-0.2, -0.15) is 0 Å². The van der Waals surface area contributed by atoms with Crippen LogP contribution < -0.4 is 10.6 Å². The maximum atomic E-state index is 12.2. The number of carbonyl (C=O) groups excluding carboxylic acids is 1.